The highest BCUT2D eigenvalue weighted by atomic mass is 32.2. The van der Waals surface area contributed by atoms with Crippen molar-refractivity contribution >= 4 is 52.6 Å². The van der Waals surface area contributed by atoms with E-state index in [9.17, 15) is 29.1 Å². The largest absolute Gasteiger partial charge is 0.477 e. The molecule has 0 radical (unpaired) electrons. The standard InChI is InChI=1S/C19H19N5O6S3/c1-22-15(27)16(28)23(2)21-19(22)33-8-9-7-32-17-12(14(26)24(17)13(9)18(29)30)20-11(25)6-10-4-3-5-31-10/h3-5,12,17H,6-8H2,1-2H3,(H,20,25)(H,29,30)/t12-,17-/m1/s1. The number of thiophene rings is 1. The summed E-state index contributed by atoms with van der Waals surface area (Å²) in [4.78, 5) is 62.8. The Kier molecular flexibility index (Phi) is 6.50. The van der Waals surface area contributed by atoms with Crippen LogP contribution in [0.5, 0.6) is 0 Å². The number of carbonyl (C=O) groups excluding carboxylic acids is 2. The van der Waals surface area contributed by atoms with Gasteiger partial charge in [0.05, 0.1) is 6.42 Å². The fourth-order valence-electron chi connectivity index (χ4n) is 3.48. The van der Waals surface area contributed by atoms with Gasteiger partial charge in [0, 0.05) is 30.5 Å². The number of thioether (sulfide) groups is 2. The van der Waals surface area contributed by atoms with E-state index in [0.29, 0.717) is 11.3 Å². The maximum absolute atomic E-state index is 12.7. The first kappa shape index (κ1) is 23.3. The van der Waals surface area contributed by atoms with Crippen molar-refractivity contribution in [2.75, 3.05) is 11.5 Å². The van der Waals surface area contributed by atoms with Gasteiger partial charge in [-0.15, -0.1) is 28.2 Å². The highest BCUT2D eigenvalue weighted by Crippen LogP contribution is 2.41. The zero-order chi connectivity index (χ0) is 23.9. The Morgan fingerprint density at radius 3 is 2.70 bits per heavy atom. The van der Waals surface area contributed by atoms with Gasteiger partial charge in [0.2, 0.25) is 5.91 Å². The Bertz CT molecular complexity index is 1280. The van der Waals surface area contributed by atoms with Crippen LogP contribution in [0, 0.1) is 0 Å². The van der Waals surface area contributed by atoms with Crippen molar-refractivity contribution in [1.29, 1.82) is 0 Å². The maximum Gasteiger partial charge on any atom is 0.352 e. The van der Waals surface area contributed by atoms with Crippen LogP contribution in [0.25, 0.3) is 0 Å². The highest BCUT2D eigenvalue weighted by molar-refractivity contribution is 8.01. The third-order valence-electron chi connectivity index (χ3n) is 5.16. The Labute approximate surface area is 199 Å². The fourth-order valence-corrected chi connectivity index (χ4v) is 6.65. The van der Waals surface area contributed by atoms with E-state index in [0.717, 1.165) is 25.9 Å². The smallest absolute Gasteiger partial charge is 0.352 e. The number of rotatable bonds is 7. The van der Waals surface area contributed by atoms with Crippen LogP contribution in [0.4, 0.5) is 0 Å². The predicted octanol–water partition coefficient (Wildman–Crippen LogP) is -0.386. The highest BCUT2D eigenvalue weighted by Gasteiger charge is 2.54. The summed E-state index contributed by atoms with van der Waals surface area (Å²) in [7, 11) is 2.78. The first-order chi connectivity index (χ1) is 15.7. The van der Waals surface area contributed by atoms with E-state index in [1.54, 1.807) is 0 Å². The summed E-state index contributed by atoms with van der Waals surface area (Å²) in [6, 6.07) is 2.89. The average molecular weight is 510 g/mol. The Hall–Kier alpha value is -2.84. The number of carbonyl (C=O) groups is 3. The molecule has 4 heterocycles. The van der Waals surface area contributed by atoms with E-state index < -0.39 is 34.4 Å². The van der Waals surface area contributed by atoms with E-state index in [1.807, 2.05) is 17.5 Å². The predicted molar refractivity (Wildman–Crippen MR) is 123 cm³/mol. The number of hydrogen-bond donors (Lipinski definition) is 2. The topological polar surface area (TPSA) is 144 Å². The quantitative estimate of drug-likeness (QED) is 0.290. The van der Waals surface area contributed by atoms with Crippen LogP contribution in [0.15, 0.2) is 43.5 Å². The fraction of sp³-hybridized carbons (Fsp3) is 0.368. The van der Waals surface area contributed by atoms with Crippen molar-refractivity contribution in [2.45, 2.75) is 23.0 Å². The molecule has 174 valence electrons. The van der Waals surface area contributed by atoms with Gasteiger partial charge in [-0.25, -0.2) is 9.48 Å². The minimum atomic E-state index is -1.24. The molecule has 1 saturated heterocycles. The lowest BCUT2D eigenvalue weighted by Crippen LogP contribution is -2.70. The second-order valence-corrected chi connectivity index (χ2v) is 10.4. The molecule has 1 fully saturated rings. The molecule has 2 aromatic heterocycles. The lowest BCUT2D eigenvalue weighted by molar-refractivity contribution is -0.150. The molecule has 11 nitrogen and oxygen atoms in total. The molecule has 0 aromatic carbocycles. The molecule has 33 heavy (non-hydrogen) atoms. The molecular formula is C19H19N5O6S3. The number of aliphatic carboxylic acids is 1. The van der Waals surface area contributed by atoms with E-state index in [-0.39, 0.29) is 28.9 Å². The summed E-state index contributed by atoms with van der Waals surface area (Å²) >= 11 is 3.92. The third kappa shape index (κ3) is 4.37. The second-order valence-electron chi connectivity index (χ2n) is 7.33. The lowest BCUT2D eigenvalue weighted by Gasteiger charge is -2.49. The number of hydrogen-bond acceptors (Lipinski definition) is 9. The van der Waals surface area contributed by atoms with Gasteiger partial charge in [-0.2, -0.15) is 0 Å². The molecule has 4 rings (SSSR count). The van der Waals surface area contributed by atoms with Crippen molar-refractivity contribution in [3.8, 4) is 0 Å². The van der Waals surface area contributed by atoms with Crippen LogP contribution in [-0.4, -0.2) is 65.1 Å². The van der Waals surface area contributed by atoms with Gasteiger partial charge in [0.25, 0.3) is 5.91 Å². The van der Waals surface area contributed by atoms with Crippen molar-refractivity contribution in [3.63, 3.8) is 0 Å². The minimum absolute atomic E-state index is 0.116. The Morgan fingerprint density at radius 2 is 2.03 bits per heavy atom. The number of fused-ring (bicyclic) bond motifs is 1. The zero-order valence-electron chi connectivity index (χ0n) is 17.5. The average Bonchev–Trinajstić information content (AvgIpc) is 3.29. The van der Waals surface area contributed by atoms with Crippen LogP contribution < -0.4 is 16.4 Å². The van der Waals surface area contributed by atoms with Gasteiger partial charge >= 0.3 is 17.1 Å². The van der Waals surface area contributed by atoms with Crippen LogP contribution in [0.3, 0.4) is 0 Å². The van der Waals surface area contributed by atoms with Gasteiger partial charge in [0.1, 0.15) is 17.1 Å². The number of aromatic nitrogens is 3. The number of carboxylic acid groups (broad SMARTS) is 1. The number of aryl methyl sites for hydroxylation is 1. The van der Waals surface area contributed by atoms with Crippen molar-refractivity contribution in [1.82, 2.24) is 24.6 Å². The van der Waals surface area contributed by atoms with Gasteiger partial charge in [-0.3, -0.25) is 28.6 Å². The van der Waals surface area contributed by atoms with Crippen LogP contribution >= 0.6 is 34.9 Å². The Balaban J connectivity index is 1.49. The number of β-lactam (4-membered cyclic amide) rings is 1. The molecule has 0 unspecified atom stereocenters. The lowest BCUT2D eigenvalue weighted by atomic mass is 10.0. The minimum Gasteiger partial charge on any atom is -0.477 e. The third-order valence-corrected chi connectivity index (χ3v) is 8.48. The summed E-state index contributed by atoms with van der Waals surface area (Å²) in [6.07, 6.45) is 0.160. The SMILES string of the molecule is Cn1nc(SCC2=C(C(=O)O)N3C(=O)[C@@H](NC(=O)Cc4cccs4)[C@H]3SC2)n(C)c(=O)c1=O. The first-order valence-electron chi connectivity index (χ1n) is 9.68. The van der Waals surface area contributed by atoms with Gasteiger partial charge in [-0.05, 0) is 17.0 Å². The summed E-state index contributed by atoms with van der Waals surface area (Å²) < 4.78 is 2.05. The number of amides is 2. The van der Waals surface area contributed by atoms with Gasteiger partial charge in [-0.1, -0.05) is 17.8 Å². The van der Waals surface area contributed by atoms with Crippen molar-refractivity contribution in [3.05, 3.63) is 54.4 Å². The monoisotopic (exact) mass is 509 g/mol. The summed E-state index contributed by atoms with van der Waals surface area (Å²) in [6.45, 7) is 0. The molecule has 0 spiro atoms. The second kappa shape index (κ2) is 9.19. The van der Waals surface area contributed by atoms with E-state index in [2.05, 4.69) is 10.4 Å². The molecule has 0 bridgehead atoms. The number of nitrogens with zero attached hydrogens (tertiary/aromatic N) is 4. The maximum atomic E-state index is 12.7. The van der Waals surface area contributed by atoms with Crippen LogP contribution in [0.1, 0.15) is 4.88 Å². The molecule has 2 aromatic rings. The van der Waals surface area contributed by atoms with E-state index in [4.69, 9.17) is 0 Å². The molecule has 2 amide bonds. The van der Waals surface area contributed by atoms with E-state index in [1.165, 1.54) is 42.1 Å². The Morgan fingerprint density at radius 1 is 1.27 bits per heavy atom. The van der Waals surface area contributed by atoms with Gasteiger partial charge < -0.3 is 10.4 Å². The van der Waals surface area contributed by atoms with Gasteiger partial charge in [0.15, 0.2) is 5.16 Å². The molecule has 2 atom stereocenters. The number of carboxylic acids is 1. The summed E-state index contributed by atoms with van der Waals surface area (Å²) in [5, 5.41) is 18.2. The van der Waals surface area contributed by atoms with Crippen molar-refractivity contribution < 1.29 is 19.5 Å². The molecule has 0 saturated carbocycles. The molecule has 2 N–H and O–H groups in total. The van der Waals surface area contributed by atoms with Crippen molar-refractivity contribution in [2.24, 2.45) is 14.1 Å². The first-order valence-corrected chi connectivity index (χ1v) is 12.6. The normalized spacial score (nSPS) is 19.8. The summed E-state index contributed by atoms with van der Waals surface area (Å²) in [5.74, 6) is -1.51. The van der Waals surface area contributed by atoms with Crippen LogP contribution in [-0.2, 0) is 34.9 Å². The molecule has 0 aliphatic carbocycles. The number of nitrogens with one attached hydrogen (secondary N) is 1. The van der Waals surface area contributed by atoms with E-state index >= 15 is 0 Å². The summed E-state index contributed by atoms with van der Waals surface area (Å²) in [5.41, 5.74) is -1.12. The molecule has 2 aliphatic heterocycles. The van der Waals surface area contributed by atoms with Crippen LogP contribution in [0.2, 0.25) is 0 Å². The molecule has 2 aliphatic rings. The molecule has 14 heteroatoms. The molecular weight excluding hydrogens is 490 g/mol. The zero-order valence-corrected chi connectivity index (χ0v) is 20.0.